The number of anilines is 3. The van der Waals surface area contributed by atoms with Crippen molar-refractivity contribution < 1.29 is 4.74 Å². The Hall–Kier alpha value is -2.92. The van der Waals surface area contributed by atoms with Crippen molar-refractivity contribution in [2.45, 2.75) is 6.42 Å². The molecule has 0 fully saturated rings. The average molecular weight is 348 g/mol. The quantitative estimate of drug-likeness (QED) is 0.613. The number of rotatable bonds is 8. The number of aromatic nitrogens is 2. The molecule has 3 aromatic rings. The van der Waals surface area contributed by atoms with E-state index in [2.05, 4.69) is 39.5 Å². The molecular formula is C21H24N4O. The Morgan fingerprint density at radius 3 is 2.35 bits per heavy atom. The average Bonchev–Trinajstić information content (AvgIpc) is 2.72. The minimum absolute atomic E-state index is 0.625. The third-order valence-electron chi connectivity index (χ3n) is 4.08. The Morgan fingerprint density at radius 1 is 0.962 bits per heavy atom. The summed E-state index contributed by atoms with van der Waals surface area (Å²) in [5.41, 5.74) is 3.04. The summed E-state index contributed by atoms with van der Waals surface area (Å²) in [6.45, 7) is 1.47. The Labute approximate surface area is 154 Å². The fourth-order valence-corrected chi connectivity index (χ4v) is 2.64. The lowest BCUT2D eigenvalue weighted by Crippen LogP contribution is -2.14. The lowest BCUT2D eigenvalue weighted by molar-refractivity contribution is 0.197. The molecule has 0 atom stereocenters. The zero-order chi connectivity index (χ0) is 18.2. The van der Waals surface area contributed by atoms with Gasteiger partial charge in [-0.1, -0.05) is 48.5 Å². The van der Waals surface area contributed by atoms with E-state index in [9.17, 15) is 0 Å². The van der Waals surface area contributed by atoms with E-state index < -0.39 is 0 Å². The van der Waals surface area contributed by atoms with E-state index in [0.717, 1.165) is 35.7 Å². The molecule has 5 nitrogen and oxygen atoms in total. The first-order valence-electron chi connectivity index (χ1n) is 8.74. The highest BCUT2D eigenvalue weighted by Crippen LogP contribution is 2.27. The van der Waals surface area contributed by atoms with Gasteiger partial charge in [-0.15, -0.1) is 0 Å². The second-order valence-electron chi connectivity index (χ2n) is 5.97. The molecule has 3 rings (SSSR count). The van der Waals surface area contributed by atoms with Crippen molar-refractivity contribution in [3.05, 3.63) is 66.7 Å². The summed E-state index contributed by atoms with van der Waals surface area (Å²) in [4.78, 5) is 11.4. The molecule has 26 heavy (non-hydrogen) atoms. The summed E-state index contributed by atoms with van der Waals surface area (Å²) in [6.07, 6.45) is 0.902. The van der Waals surface area contributed by atoms with Gasteiger partial charge >= 0.3 is 0 Å². The molecule has 0 aliphatic rings. The molecule has 0 radical (unpaired) electrons. The monoisotopic (exact) mass is 348 g/mol. The molecule has 0 aliphatic carbocycles. The van der Waals surface area contributed by atoms with Crippen LogP contribution in [0, 0.1) is 0 Å². The molecule has 1 N–H and O–H groups in total. The number of benzene rings is 2. The molecule has 1 aromatic heterocycles. The van der Waals surface area contributed by atoms with E-state index in [0.29, 0.717) is 12.6 Å². The predicted octanol–water partition coefficient (Wildman–Crippen LogP) is 4.36. The summed E-state index contributed by atoms with van der Waals surface area (Å²) < 4.78 is 5.10. The Bertz CT molecular complexity index is 809. The predicted molar refractivity (Wildman–Crippen MR) is 107 cm³/mol. The highest BCUT2D eigenvalue weighted by molar-refractivity contribution is 5.68. The van der Waals surface area contributed by atoms with Crippen LogP contribution in [0.25, 0.3) is 11.3 Å². The van der Waals surface area contributed by atoms with Gasteiger partial charge in [0.05, 0.1) is 5.69 Å². The number of para-hydroxylation sites is 1. The molecule has 0 saturated heterocycles. The second kappa shape index (κ2) is 8.97. The summed E-state index contributed by atoms with van der Waals surface area (Å²) in [6, 6.07) is 22.4. The highest BCUT2D eigenvalue weighted by Gasteiger charge is 2.11. The van der Waals surface area contributed by atoms with E-state index in [1.54, 1.807) is 7.11 Å². The van der Waals surface area contributed by atoms with Crippen LogP contribution < -0.4 is 10.2 Å². The van der Waals surface area contributed by atoms with Crippen LogP contribution in [-0.4, -0.2) is 37.3 Å². The minimum Gasteiger partial charge on any atom is -0.385 e. The molecule has 0 spiro atoms. The van der Waals surface area contributed by atoms with E-state index in [-0.39, 0.29) is 0 Å². The second-order valence-corrected chi connectivity index (χ2v) is 5.97. The van der Waals surface area contributed by atoms with E-state index in [4.69, 9.17) is 9.72 Å². The number of ether oxygens (including phenoxy) is 1. The van der Waals surface area contributed by atoms with E-state index in [1.807, 2.05) is 49.5 Å². The van der Waals surface area contributed by atoms with Gasteiger partial charge in [0.25, 0.3) is 0 Å². The minimum atomic E-state index is 0.625. The number of nitrogens with zero attached hydrogens (tertiary/aromatic N) is 3. The SMILES string of the molecule is COCCCNc1nc(-c2ccccc2)cc(N(C)c2ccccc2)n1. The van der Waals surface area contributed by atoms with Crippen LogP contribution in [0.3, 0.4) is 0 Å². The fourth-order valence-electron chi connectivity index (χ4n) is 2.64. The first kappa shape index (κ1) is 17.9. The van der Waals surface area contributed by atoms with Crippen LogP contribution in [0.1, 0.15) is 6.42 Å². The van der Waals surface area contributed by atoms with Crippen LogP contribution in [-0.2, 0) is 4.74 Å². The summed E-state index contributed by atoms with van der Waals surface area (Å²) >= 11 is 0. The van der Waals surface area contributed by atoms with Crippen molar-refractivity contribution in [3.63, 3.8) is 0 Å². The number of hydrogen-bond acceptors (Lipinski definition) is 5. The zero-order valence-corrected chi connectivity index (χ0v) is 15.2. The van der Waals surface area contributed by atoms with Gasteiger partial charge < -0.3 is 15.0 Å². The van der Waals surface area contributed by atoms with Gasteiger partial charge in [0.1, 0.15) is 5.82 Å². The molecule has 0 amide bonds. The molecule has 0 unspecified atom stereocenters. The molecule has 5 heteroatoms. The topological polar surface area (TPSA) is 50.3 Å². The van der Waals surface area contributed by atoms with E-state index in [1.165, 1.54) is 0 Å². The van der Waals surface area contributed by atoms with Gasteiger partial charge in [-0.3, -0.25) is 0 Å². The molecule has 0 aliphatic heterocycles. The van der Waals surface area contributed by atoms with Crippen molar-refractivity contribution in [2.75, 3.05) is 37.5 Å². The van der Waals surface area contributed by atoms with Gasteiger partial charge in [0.15, 0.2) is 0 Å². The van der Waals surface area contributed by atoms with Crippen LogP contribution >= 0.6 is 0 Å². The molecule has 0 bridgehead atoms. The number of nitrogens with one attached hydrogen (secondary N) is 1. The molecule has 2 aromatic carbocycles. The zero-order valence-electron chi connectivity index (χ0n) is 15.2. The van der Waals surface area contributed by atoms with Crippen LogP contribution in [0.5, 0.6) is 0 Å². The van der Waals surface area contributed by atoms with Crippen molar-refractivity contribution >= 4 is 17.5 Å². The van der Waals surface area contributed by atoms with Gasteiger partial charge in [-0.25, -0.2) is 4.98 Å². The maximum Gasteiger partial charge on any atom is 0.225 e. The van der Waals surface area contributed by atoms with Gasteiger partial charge in [0, 0.05) is 44.6 Å². The van der Waals surface area contributed by atoms with Crippen LogP contribution in [0.4, 0.5) is 17.5 Å². The number of hydrogen-bond donors (Lipinski definition) is 1. The smallest absolute Gasteiger partial charge is 0.225 e. The van der Waals surface area contributed by atoms with Gasteiger partial charge in [0.2, 0.25) is 5.95 Å². The standard InChI is InChI=1S/C21H24N4O/c1-25(18-12-7-4-8-13-18)20-16-19(17-10-5-3-6-11-17)23-21(24-20)22-14-9-15-26-2/h3-8,10-13,16H,9,14-15H2,1-2H3,(H,22,23,24). The Balaban J connectivity index is 1.92. The first-order valence-corrected chi connectivity index (χ1v) is 8.74. The van der Waals surface area contributed by atoms with E-state index >= 15 is 0 Å². The Morgan fingerprint density at radius 2 is 1.65 bits per heavy atom. The largest absolute Gasteiger partial charge is 0.385 e. The van der Waals surface area contributed by atoms with Gasteiger partial charge in [-0.05, 0) is 18.6 Å². The first-order chi connectivity index (χ1) is 12.8. The normalized spacial score (nSPS) is 10.5. The van der Waals surface area contributed by atoms with Crippen molar-refractivity contribution in [2.24, 2.45) is 0 Å². The maximum absolute atomic E-state index is 5.10. The highest BCUT2D eigenvalue weighted by atomic mass is 16.5. The lowest BCUT2D eigenvalue weighted by atomic mass is 10.1. The van der Waals surface area contributed by atoms with Crippen LogP contribution in [0.15, 0.2) is 66.7 Å². The van der Waals surface area contributed by atoms with Crippen molar-refractivity contribution in [1.29, 1.82) is 0 Å². The lowest BCUT2D eigenvalue weighted by Gasteiger charge is -2.20. The Kier molecular flexibility index (Phi) is 6.17. The van der Waals surface area contributed by atoms with Crippen molar-refractivity contribution in [3.8, 4) is 11.3 Å². The maximum atomic E-state index is 5.10. The third-order valence-corrected chi connectivity index (χ3v) is 4.08. The van der Waals surface area contributed by atoms with Crippen molar-refractivity contribution in [1.82, 2.24) is 9.97 Å². The molecule has 1 heterocycles. The molecular weight excluding hydrogens is 324 g/mol. The summed E-state index contributed by atoms with van der Waals surface area (Å²) in [5.74, 6) is 1.47. The number of methoxy groups -OCH3 is 1. The molecule has 0 saturated carbocycles. The molecule has 134 valence electrons. The fraction of sp³-hybridized carbons (Fsp3) is 0.238. The van der Waals surface area contributed by atoms with Crippen LogP contribution in [0.2, 0.25) is 0 Å². The van der Waals surface area contributed by atoms with Gasteiger partial charge in [-0.2, -0.15) is 4.98 Å². The summed E-state index contributed by atoms with van der Waals surface area (Å²) in [7, 11) is 3.72. The summed E-state index contributed by atoms with van der Waals surface area (Å²) in [5, 5.41) is 3.31. The third kappa shape index (κ3) is 4.58.